The van der Waals surface area contributed by atoms with E-state index in [0.29, 0.717) is 23.9 Å². The first-order valence-electron chi connectivity index (χ1n) is 13.2. The third-order valence-corrected chi connectivity index (χ3v) is 9.66. The van der Waals surface area contributed by atoms with Crippen molar-refractivity contribution in [1.29, 1.82) is 0 Å². The summed E-state index contributed by atoms with van der Waals surface area (Å²) in [7, 11) is 0. The quantitative estimate of drug-likeness (QED) is 0.244. The van der Waals surface area contributed by atoms with Crippen LogP contribution in [0.25, 0.3) is 5.69 Å². The molecule has 0 N–H and O–H groups in total. The Labute approximate surface area is 232 Å². The van der Waals surface area contributed by atoms with Crippen molar-refractivity contribution in [1.82, 2.24) is 24.6 Å². The number of rotatable bonds is 7. The van der Waals surface area contributed by atoms with Crippen LogP contribution in [0.5, 0.6) is 0 Å². The number of amides is 1. The molecule has 1 aliphatic heterocycles. The van der Waals surface area contributed by atoms with Crippen molar-refractivity contribution in [3.8, 4) is 5.69 Å². The predicted molar refractivity (Wildman–Crippen MR) is 153 cm³/mol. The molecule has 4 aromatic rings. The minimum atomic E-state index is 0.0847. The molecular formula is C30H33N5OS2. The van der Waals surface area contributed by atoms with Gasteiger partial charge < -0.3 is 4.90 Å². The van der Waals surface area contributed by atoms with Gasteiger partial charge in [-0.25, -0.2) is 4.98 Å². The zero-order valence-electron chi connectivity index (χ0n) is 22.1. The molecule has 196 valence electrons. The van der Waals surface area contributed by atoms with Gasteiger partial charge in [0.2, 0.25) is 0 Å². The summed E-state index contributed by atoms with van der Waals surface area (Å²) >= 11 is 3.16. The van der Waals surface area contributed by atoms with Gasteiger partial charge in [0.25, 0.3) is 5.91 Å². The van der Waals surface area contributed by atoms with Crippen molar-refractivity contribution >= 4 is 29.0 Å². The molecule has 0 radical (unpaired) electrons. The van der Waals surface area contributed by atoms with Crippen LogP contribution in [0.1, 0.15) is 66.9 Å². The second kappa shape index (κ2) is 9.97. The summed E-state index contributed by atoms with van der Waals surface area (Å²) in [6.45, 7) is 7.85. The van der Waals surface area contributed by atoms with E-state index in [9.17, 15) is 4.79 Å². The summed E-state index contributed by atoms with van der Waals surface area (Å²) < 4.78 is 2.13. The van der Waals surface area contributed by atoms with E-state index in [-0.39, 0.29) is 16.7 Å². The van der Waals surface area contributed by atoms with E-state index >= 15 is 0 Å². The Morgan fingerprint density at radius 2 is 1.76 bits per heavy atom. The van der Waals surface area contributed by atoms with Gasteiger partial charge in [-0.15, -0.1) is 21.5 Å². The molecule has 8 heteroatoms. The van der Waals surface area contributed by atoms with Crippen LogP contribution in [0.4, 0.5) is 0 Å². The topological polar surface area (TPSA) is 63.9 Å². The molecular weight excluding hydrogens is 510 g/mol. The monoisotopic (exact) mass is 543 g/mol. The lowest BCUT2D eigenvalue weighted by atomic mass is 9.65. The molecule has 1 aliphatic carbocycles. The second-order valence-electron chi connectivity index (χ2n) is 11.8. The Morgan fingerprint density at radius 1 is 1.03 bits per heavy atom. The minimum absolute atomic E-state index is 0.0847. The highest BCUT2D eigenvalue weighted by Crippen LogP contribution is 2.52. The summed E-state index contributed by atoms with van der Waals surface area (Å²) in [5.41, 5.74) is 3.31. The van der Waals surface area contributed by atoms with Gasteiger partial charge >= 0.3 is 0 Å². The molecule has 3 heterocycles. The van der Waals surface area contributed by atoms with Gasteiger partial charge in [0.05, 0.1) is 5.75 Å². The fraction of sp³-hybridized carbons (Fsp3) is 0.400. The molecule has 2 aromatic heterocycles. The summed E-state index contributed by atoms with van der Waals surface area (Å²) in [5.74, 6) is 1.63. The van der Waals surface area contributed by atoms with E-state index in [1.807, 2.05) is 41.8 Å². The molecule has 1 saturated heterocycles. The SMILES string of the molecule is CC1(C)CC2CC(C)(CN2C(=O)c2csc(CSc3nnc(Cc4ccccc4)n3-c3ccccc3)n2)C1. The zero-order valence-corrected chi connectivity index (χ0v) is 23.8. The summed E-state index contributed by atoms with van der Waals surface area (Å²) in [5, 5.41) is 12.8. The first kappa shape index (κ1) is 25.3. The first-order chi connectivity index (χ1) is 18.3. The third-order valence-electron chi connectivity index (χ3n) is 7.69. The van der Waals surface area contributed by atoms with E-state index in [2.05, 4.69) is 64.7 Å². The minimum Gasteiger partial charge on any atom is -0.334 e. The molecule has 2 fully saturated rings. The number of carbonyl (C=O) groups is 1. The molecule has 2 atom stereocenters. The van der Waals surface area contributed by atoms with Crippen LogP contribution in [-0.4, -0.2) is 43.1 Å². The van der Waals surface area contributed by atoms with E-state index in [0.717, 1.165) is 41.1 Å². The van der Waals surface area contributed by atoms with Crippen molar-refractivity contribution in [2.24, 2.45) is 10.8 Å². The highest BCUT2D eigenvalue weighted by molar-refractivity contribution is 7.98. The number of nitrogens with zero attached hydrogens (tertiary/aromatic N) is 5. The Hall–Kier alpha value is -2.97. The van der Waals surface area contributed by atoms with E-state index in [4.69, 9.17) is 4.98 Å². The number of carbonyl (C=O) groups excluding carboxylic acids is 1. The van der Waals surface area contributed by atoms with Crippen LogP contribution in [0.3, 0.4) is 0 Å². The molecule has 1 saturated carbocycles. The summed E-state index contributed by atoms with van der Waals surface area (Å²) in [4.78, 5) is 20.4. The standard InChI is InChI=1S/C30H33N5OS2/c1-29(2)15-23-16-30(3,19-29)20-34(23)27(36)24-17-37-26(31-24)18-38-28-33-32-25(14-21-10-6-4-7-11-21)35(28)22-12-8-5-9-13-22/h4-13,17,23H,14-16,18-20H2,1-3H3. The molecule has 2 unspecified atom stereocenters. The van der Waals surface area contributed by atoms with Gasteiger partial charge in [-0.05, 0) is 47.8 Å². The van der Waals surface area contributed by atoms with E-state index < -0.39 is 0 Å². The van der Waals surface area contributed by atoms with Crippen LogP contribution in [0.15, 0.2) is 71.2 Å². The second-order valence-corrected chi connectivity index (χ2v) is 13.7. The first-order valence-corrected chi connectivity index (χ1v) is 15.1. The molecule has 6 rings (SSSR count). The van der Waals surface area contributed by atoms with Crippen LogP contribution in [0.2, 0.25) is 0 Å². The van der Waals surface area contributed by atoms with Gasteiger partial charge in [0, 0.05) is 30.1 Å². The predicted octanol–water partition coefficient (Wildman–Crippen LogP) is 6.65. The highest BCUT2D eigenvalue weighted by atomic mass is 32.2. The maximum absolute atomic E-state index is 13.5. The Morgan fingerprint density at radius 3 is 2.53 bits per heavy atom. The van der Waals surface area contributed by atoms with Crippen LogP contribution in [0, 0.1) is 10.8 Å². The molecule has 0 spiro atoms. The van der Waals surface area contributed by atoms with Gasteiger partial charge in [0.1, 0.15) is 16.5 Å². The summed E-state index contributed by atoms with van der Waals surface area (Å²) in [6, 6.07) is 20.9. The average Bonchev–Trinajstić information content (AvgIpc) is 3.58. The number of thioether (sulfide) groups is 1. The van der Waals surface area contributed by atoms with E-state index in [1.165, 1.54) is 12.0 Å². The maximum atomic E-state index is 13.5. The molecule has 38 heavy (non-hydrogen) atoms. The van der Waals surface area contributed by atoms with Gasteiger partial charge in [-0.3, -0.25) is 9.36 Å². The average molecular weight is 544 g/mol. The number of hydrogen-bond acceptors (Lipinski definition) is 6. The van der Waals surface area contributed by atoms with Crippen LogP contribution in [-0.2, 0) is 12.2 Å². The van der Waals surface area contributed by atoms with Crippen molar-refractivity contribution in [2.45, 2.75) is 63.4 Å². The molecule has 6 nitrogen and oxygen atoms in total. The number of likely N-dealkylation sites (tertiary alicyclic amines) is 1. The smallest absolute Gasteiger partial charge is 0.273 e. The van der Waals surface area contributed by atoms with Crippen molar-refractivity contribution in [2.75, 3.05) is 6.54 Å². The van der Waals surface area contributed by atoms with Gasteiger partial charge in [-0.1, -0.05) is 81.1 Å². The van der Waals surface area contributed by atoms with E-state index in [1.54, 1.807) is 23.1 Å². The molecule has 1 amide bonds. The summed E-state index contributed by atoms with van der Waals surface area (Å²) in [6.07, 6.45) is 4.05. The lowest BCUT2D eigenvalue weighted by Crippen LogP contribution is -2.37. The molecule has 2 aromatic carbocycles. The maximum Gasteiger partial charge on any atom is 0.273 e. The van der Waals surface area contributed by atoms with Crippen LogP contribution >= 0.6 is 23.1 Å². The lowest BCUT2D eigenvalue weighted by Gasteiger charge is -2.39. The van der Waals surface area contributed by atoms with Crippen LogP contribution < -0.4 is 0 Å². The molecule has 2 aliphatic rings. The normalized spacial score (nSPS) is 22.1. The highest BCUT2D eigenvalue weighted by Gasteiger charge is 2.51. The number of para-hydroxylation sites is 1. The fourth-order valence-electron chi connectivity index (χ4n) is 6.57. The fourth-order valence-corrected chi connectivity index (χ4v) is 8.33. The number of hydrogen-bond donors (Lipinski definition) is 0. The number of benzene rings is 2. The lowest BCUT2D eigenvalue weighted by molar-refractivity contribution is 0.0703. The third kappa shape index (κ3) is 5.16. The van der Waals surface area contributed by atoms with Crippen molar-refractivity contribution in [3.05, 3.63) is 88.1 Å². The van der Waals surface area contributed by atoms with Gasteiger partial charge in [-0.2, -0.15) is 0 Å². The Kier molecular flexibility index (Phi) is 6.64. The largest absolute Gasteiger partial charge is 0.334 e. The number of thiazole rings is 1. The van der Waals surface area contributed by atoms with Crippen molar-refractivity contribution < 1.29 is 4.79 Å². The number of fused-ring (bicyclic) bond motifs is 2. The van der Waals surface area contributed by atoms with Gasteiger partial charge in [0.15, 0.2) is 5.16 Å². The van der Waals surface area contributed by atoms with Crippen molar-refractivity contribution in [3.63, 3.8) is 0 Å². The number of aromatic nitrogens is 4. The Bertz CT molecular complexity index is 1430. The Balaban J connectivity index is 1.18. The molecule has 2 bridgehead atoms. The zero-order chi connectivity index (χ0) is 26.3.